The van der Waals surface area contributed by atoms with Crippen LogP contribution in [0.4, 0.5) is 5.82 Å². The van der Waals surface area contributed by atoms with E-state index >= 15 is 0 Å². The van der Waals surface area contributed by atoms with Gasteiger partial charge in [0.15, 0.2) is 5.82 Å². The van der Waals surface area contributed by atoms with E-state index in [0.29, 0.717) is 0 Å². The molecule has 2 heterocycles. The van der Waals surface area contributed by atoms with Crippen LogP contribution < -0.4 is 5.73 Å². The summed E-state index contributed by atoms with van der Waals surface area (Å²) in [5, 5.41) is 16.2. The molecule has 0 aromatic carbocycles. The summed E-state index contributed by atoms with van der Waals surface area (Å²) in [5.74, 6) is -0.973. The Morgan fingerprint density at radius 3 is 2.62 bits per heavy atom. The summed E-state index contributed by atoms with van der Waals surface area (Å²) < 4.78 is 1.54. The van der Waals surface area contributed by atoms with Gasteiger partial charge in [-0.15, -0.1) is 5.10 Å². The number of hydrogen-bond acceptors (Lipinski definition) is 5. The second-order valence-corrected chi connectivity index (χ2v) is 4.11. The fourth-order valence-electron chi connectivity index (χ4n) is 1.96. The highest BCUT2D eigenvalue weighted by Gasteiger charge is 2.24. The van der Waals surface area contributed by atoms with Crippen molar-refractivity contribution in [1.29, 1.82) is 0 Å². The number of aromatic nitrogens is 3. The molecule has 7 heteroatoms. The molecule has 0 aliphatic carbocycles. The van der Waals surface area contributed by atoms with E-state index in [4.69, 9.17) is 10.8 Å². The minimum absolute atomic E-state index is 0.154. The van der Waals surface area contributed by atoms with Crippen molar-refractivity contribution < 1.29 is 9.90 Å². The van der Waals surface area contributed by atoms with E-state index in [1.165, 1.54) is 4.68 Å². The number of likely N-dealkylation sites (tertiary alicyclic amines) is 1. The summed E-state index contributed by atoms with van der Waals surface area (Å²) in [6.07, 6.45) is 1.84. The van der Waals surface area contributed by atoms with Crippen LogP contribution in [0.25, 0.3) is 0 Å². The molecule has 1 fully saturated rings. The summed E-state index contributed by atoms with van der Waals surface area (Å²) in [5.41, 5.74) is 5.56. The van der Waals surface area contributed by atoms with Gasteiger partial charge in [-0.1, -0.05) is 5.21 Å². The van der Waals surface area contributed by atoms with Crippen molar-refractivity contribution in [3.63, 3.8) is 0 Å². The van der Waals surface area contributed by atoms with Gasteiger partial charge in [0.25, 0.3) is 0 Å². The lowest BCUT2D eigenvalue weighted by Crippen LogP contribution is -2.32. The van der Waals surface area contributed by atoms with Crippen molar-refractivity contribution in [1.82, 2.24) is 19.9 Å². The zero-order valence-electron chi connectivity index (χ0n) is 9.13. The number of nitrogens with zero attached hydrogens (tertiary/aromatic N) is 4. The third-order valence-electron chi connectivity index (χ3n) is 2.97. The average molecular weight is 225 g/mol. The quantitative estimate of drug-likeness (QED) is 0.725. The van der Waals surface area contributed by atoms with Crippen LogP contribution in [-0.4, -0.2) is 51.1 Å². The smallest absolute Gasteiger partial charge is 0.360 e. The number of nitrogens with two attached hydrogens (primary N) is 1. The van der Waals surface area contributed by atoms with Gasteiger partial charge in [0.1, 0.15) is 0 Å². The lowest BCUT2D eigenvalue weighted by atomic mass is 10.1. The number of rotatable bonds is 2. The lowest BCUT2D eigenvalue weighted by molar-refractivity contribution is 0.0691. The standard InChI is InChI=1S/C9H15N5O2/c1-13-4-2-6(3-5-13)14-8(10)7(9(15)16)11-12-14/h6H,2-5,10H2,1H3,(H,15,16). The molecule has 3 N–H and O–H groups in total. The third kappa shape index (κ3) is 1.85. The molecular weight excluding hydrogens is 210 g/mol. The highest BCUT2D eigenvalue weighted by atomic mass is 16.4. The zero-order valence-corrected chi connectivity index (χ0v) is 9.13. The number of hydrogen-bond donors (Lipinski definition) is 2. The van der Waals surface area contributed by atoms with Gasteiger partial charge in [-0.05, 0) is 33.0 Å². The van der Waals surface area contributed by atoms with E-state index < -0.39 is 5.97 Å². The molecule has 1 aromatic rings. The number of carboxylic acids is 1. The highest BCUT2D eigenvalue weighted by Crippen LogP contribution is 2.24. The number of carbonyl (C=O) groups is 1. The van der Waals surface area contributed by atoms with Gasteiger partial charge in [0.2, 0.25) is 5.69 Å². The molecule has 0 spiro atoms. The van der Waals surface area contributed by atoms with Gasteiger partial charge in [0.05, 0.1) is 6.04 Å². The Kier molecular flexibility index (Phi) is 2.78. The van der Waals surface area contributed by atoms with E-state index in [1.807, 2.05) is 0 Å². The molecule has 1 aliphatic heterocycles. The maximum Gasteiger partial charge on any atom is 0.360 e. The summed E-state index contributed by atoms with van der Waals surface area (Å²) in [7, 11) is 2.06. The lowest BCUT2D eigenvalue weighted by Gasteiger charge is -2.29. The van der Waals surface area contributed by atoms with Gasteiger partial charge in [-0.3, -0.25) is 0 Å². The van der Waals surface area contributed by atoms with E-state index in [0.717, 1.165) is 25.9 Å². The molecular formula is C9H15N5O2. The van der Waals surface area contributed by atoms with E-state index in [-0.39, 0.29) is 17.6 Å². The van der Waals surface area contributed by atoms with Crippen LogP contribution in [0.1, 0.15) is 29.4 Å². The Labute approximate surface area is 92.8 Å². The molecule has 16 heavy (non-hydrogen) atoms. The van der Waals surface area contributed by atoms with Crippen molar-refractivity contribution in [3.05, 3.63) is 5.69 Å². The molecule has 0 atom stereocenters. The predicted octanol–water partition coefficient (Wildman–Crippen LogP) is -0.175. The van der Waals surface area contributed by atoms with Gasteiger partial charge in [-0.25, -0.2) is 9.48 Å². The van der Waals surface area contributed by atoms with Gasteiger partial charge in [0, 0.05) is 0 Å². The van der Waals surface area contributed by atoms with Crippen LogP contribution in [0.2, 0.25) is 0 Å². The largest absolute Gasteiger partial charge is 0.476 e. The molecule has 88 valence electrons. The summed E-state index contributed by atoms with van der Waals surface area (Å²) in [6, 6.07) is 0.164. The number of carboxylic acid groups (broad SMARTS) is 1. The molecule has 0 unspecified atom stereocenters. The van der Waals surface area contributed by atoms with Crippen LogP contribution in [0.3, 0.4) is 0 Å². The molecule has 0 saturated carbocycles. The first-order chi connectivity index (χ1) is 7.59. The summed E-state index contributed by atoms with van der Waals surface area (Å²) in [4.78, 5) is 13.0. The Balaban J connectivity index is 2.18. The maximum atomic E-state index is 10.8. The molecule has 0 amide bonds. The third-order valence-corrected chi connectivity index (χ3v) is 2.97. The van der Waals surface area contributed by atoms with Crippen molar-refractivity contribution in [2.75, 3.05) is 25.9 Å². The SMILES string of the molecule is CN1CCC(n2nnc(C(=O)O)c2N)CC1. The first kappa shape index (κ1) is 10.9. The normalized spacial score (nSPS) is 18.8. The van der Waals surface area contributed by atoms with Crippen LogP contribution in [-0.2, 0) is 0 Å². The fourth-order valence-corrected chi connectivity index (χ4v) is 1.96. The molecule has 0 bridgehead atoms. The van der Waals surface area contributed by atoms with Crippen molar-refractivity contribution >= 4 is 11.8 Å². The summed E-state index contributed by atoms with van der Waals surface area (Å²) >= 11 is 0. The Bertz CT molecular complexity index is 395. The minimum atomic E-state index is -1.13. The topological polar surface area (TPSA) is 97.3 Å². The van der Waals surface area contributed by atoms with Gasteiger partial charge in [-0.2, -0.15) is 0 Å². The van der Waals surface area contributed by atoms with E-state index in [9.17, 15) is 4.79 Å². The van der Waals surface area contributed by atoms with Crippen LogP contribution >= 0.6 is 0 Å². The molecule has 7 nitrogen and oxygen atoms in total. The second-order valence-electron chi connectivity index (χ2n) is 4.11. The van der Waals surface area contributed by atoms with Crippen molar-refractivity contribution in [2.45, 2.75) is 18.9 Å². The van der Waals surface area contributed by atoms with Crippen LogP contribution in [0.5, 0.6) is 0 Å². The average Bonchev–Trinajstić information content (AvgIpc) is 2.61. The molecule has 0 radical (unpaired) electrons. The van der Waals surface area contributed by atoms with Gasteiger partial charge < -0.3 is 15.7 Å². The van der Waals surface area contributed by atoms with Crippen LogP contribution in [0, 0.1) is 0 Å². The van der Waals surface area contributed by atoms with Crippen molar-refractivity contribution in [3.8, 4) is 0 Å². The van der Waals surface area contributed by atoms with E-state index in [2.05, 4.69) is 22.3 Å². The van der Waals surface area contributed by atoms with Gasteiger partial charge >= 0.3 is 5.97 Å². The molecule has 1 aromatic heterocycles. The van der Waals surface area contributed by atoms with E-state index in [1.54, 1.807) is 0 Å². The maximum absolute atomic E-state index is 10.8. The number of anilines is 1. The Hall–Kier alpha value is -1.63. The molecule has 2 rings (SSSR count). The zero-order chi connectivity index (χ0) is 11.7. The van der Waals surface area contributed by atoms with Crippen LogP contribution in [0.15, 0.2) is 0 Å². The first-order valence-corrected chi connectivity index (χ1v) is 5.22. The number of nitrogen functional groups attached to an aromatic ring is 1. The second kappa shape index (κ2) is 4.09. The first-order valence-electron chi connectivity index (χ1n) is 5.22. The highest BCUT2D eigenvalue weighted by molar-refractivity contribution is 5.90. The monoisotopic (exact) mass is 225 g/mol. The summed E-state index contributed by atoms with van der Waals surface area (Å²) in [6.45, 7) is 1.93. The molecule has 1 aliphatic rings. The van der Waals surface area contributed by atoms with Crippen molar-refractivity contribution in [2.24, 2.45) is 0 Å². The molecule has 1 saturated heterocycles. The predicted molar refractivity (Wildman–Crippen MR) is 57.2 cm³/mol. The number of aromatic carboxylic acids is 1. The Morgan fingerprint density at radius 1 is 1.50 bits per heavy atom. The minimum Gasteiger partial charge on any atom is -0.476 e. The Morgan fingerprint density at radius 2 is 2.12 bits per heavy atom. The number of piperidine rings is 1. The fraction of sp³-hybridized carbons (Fsp3) is 0.667.